The number of hydrogen-bond acceptors (Lipinski definition) is 3. The highest BCUT2D eigenvalue weighted by Crippen LogP contribution is 2.32. The van der Waals surface area contributed by atoms with Crippen molar-refractivity contribution in [2.75, 3.05) is 5.73 Å². The van der Waals surface area contributed by atoms with Gasteiger partial charge in [0.05, 0.1) is 4.90 Å². The second kappa shape index (κ2) is 3.99. The maximum Gasteiger partial charge on any atom is 0.241 e. The molecule has 1 aromatic carbocycles. The van der Waals surface area contributed by atoms with Crippen molar-refractivity contribution in [2.45, 2.75) is 43.5 Å². The van der Waals surface area contributed by atoms with Gasteiger partial charge in [0.15, 0.2) is 0 Å². The van der Waals surface area contributed by atoms with E-state index in [1.807, 2.05) is 13.8 Å². The molecule has 0 spiro atoms. The monoisotopic (exact) mass is 254 g/mol. The largest absolute Gasteiger partial charge is 0.398 e. The Labute approximate surface area is 102 Å². The zero-order valence-electron chi connectivity index (χ0n) is 10.2. The standard InChI is InChI=1S/C12H18N2O2S/c1-9-4-5-10(8-11(9)13)17(15,16)14-12(2)6-3-7-12/h4-5,8,14H,3,6-7,13H2,1-2H3. The van der Waals surface area contributed by atoms with Crippen LogP contribution in [0.25, 0.3) is 0 Å². The maximum atomic E-state index is 12.1. The number of hydrogen-bond donors (Lipinski definition) is 2. The predicted octanol–water partition coefficient (Wildman–Crippen LogP) is 1.80. The van der Waals surface area contributed by atoms with E-state index in [0.717, 1.165) is 24.8 Å². The van der Waals surface area contributed by atoms with Gasteiger partial charge in [0.25, 0.3) is 0 Å². The second-order valence-corrected chi connectivity index (χ2v) is 6.72. The van der Waals surface area contributed by atoms with Crippen molar-refractivity contribution >= 4 is 15.7 Å². The smallest absolute Gasteiger partial charge is 0.241 e. The zero-order chi connectivity index (χ0) is 12.7. The molecule has 0 heterocycles. The summed E-state index contributed by atoms with van der Waals surface area (Å²) in [7, 11) is -3.45. The van der Waals surface area contributed by atoms with Gasteiger partial charge in [0.2, 0.25) is 10.0 Å². The summed E-state index contributed by atoms with van der Waals surface area (Å²) in [5.74, 6) is 0. The van der Waals surface area contributed by atoms with Crippen LogP contribution in [-0.4, -0.2) is 14.0 Å². The third-order valence-corrected chi connectivity index (χ3v) is 5.03. The number of sulfonamides is 1. The van der Waals surface area contributed by atoms with E-state index in [2.05, 4.69) is 4.72 Å². The highest BCUT2D eigenvalue weighted by atomic mass is 32.2. The molecule has 0 amide bonds. The molecule has 1 aromatic rings. The van der Waals surface area contributed by atoms with Crippen LogP contribution in [0.5, 0.6) is 0 Å². The van der Waals surface area contributed by atoms with Gasteiger partial charge in [-0.25, -0.2) is 13.1 Å². The van der Waals surface area contributed by atoms with Gasteiger partial charge in [-0.2, -0.15) is 0 Å². The lowest BCUT2D eigenvalue weighted by molar-refractivity contribution is 0.248. The van der Waals surface area contributed by atoms with Crippen molar-refractivity contribution in [2.24, 2.45) is 0 Å². The van der Waals surface area contributed by atoms with Crippen LogP contribution in [-0.2, 0) is 10.0 Å². The lowest BCUT2D eigenvalue weighted by Crippen LogP contribution is -2.50. The van der Waals surface area contributed by atoms with Crippen molar-refractivity contribution in [3.63, 3.8) is 0 Å². The Morgan fingerprint density at radius 3 is 2.47 bits per heavy atom. The van der Waals surface area contributed by atoms with E-state index in [9.17, 15) is 8.42 Å². The molecule has 0 aromatic heterocycles. The van der Waals surface area contributed by atoms with Crippen LogP contribution < -0.4 is 10.5 Å². The fraction of sp³-hybridized carbons (Fsp3) is 0.500. The summed E-state index contributed by atoms with van der Waals surface area (Å²) in [5, 5.41) is 0. The van der Waals surface area contributed by atoms with E-state index in [-0.39, 0.29) is 10.4 Å². The molecular weight excluding hydrogens is 236 g/mol. The number of rotatable bonds is 3. The molecule has 0 radical (unpaired) electrons. The average molecular weight is 254 g/mol. The molecule has 5 heteroatoms. The number of nitrogen functional groups attached to an aromatic ring is 1. The van der Waals surface area contributed by atoms with Gasteiger partial charge in [-0.15, -0.1) is 0 Å². The first-order chi connectivity index (χ1) is 7.82. The van der Waals surface area contributed by atoms with Gasteiger partial charge >= 0.3 is 0 Å². The molecule has 0 aliphatic heterocycles. The molecular formula is C12H18N2O2S. The van der Waals surface area contributed by atoms with Crippen molar-refractivity contribution < 1.29 is 8.42 Å². The van der Waals surface area contributed by atoms with Gasteiger partial charge in [-0.05, 0) is 50.8 Å². The third kappa shape index (κ3) is 2.45. The molecule has 1 aliphatic rings. The van der Waals surface area contributed by atoms with E-state index >= 15 is 0 Å². The summed E-state index contributed by atoms with van der Waals surface area (Å²) < 4.78 is 27.0. The number of anilines is 1. The first-order valence-electron chi connectivity index (χ1n) is 5.73. The molecule has 3 N–H and O–H groups in total. The van der Waals surface area contributed by atoms with Gasteiger partial charge < -0.3 is 5.73 Å². The Balaban J connectivity index is 2.28. The summed E-state index contributed by atoms with van der Waals surface area (Å²) in [6, 6.07) is 4.84. The fourth-order valence-electron chi connectivity index (χ4n) is 1.98. The van der Waals surface area contributed by atoms with Gasteiger partial charge in [-0.3, -0.25) is 0 Å². The molecule has 2 rings (SSSR count). The molecule has 1 aliphatic carbocycles. The number of nitrogens with one attached hydrogen (secondary N) is 1. The summed E-state index contributed by atoms with van der Waals surface area (Å²) in [5.41, 5.74) is 6.85. The van der Waals surface area contributed by atoms with E-state index in [1.54, 1.807) is 12.1 Å². The molecule has 1 saturated carbocycles. The van der Waals surface area contributed by atoms with Crippen LogP contribution in [0.2, 0.25) is 0 Å². The minimum atomic E-state index is -3.45. The Morgan fingerprint density at radius 1 is 1.35 bits per heavy atom. The minimum absolute atomic E-state index is 0.244. The molecule has 4 nitrogen and oxygen atoms in total. The first kappa shape index (κ1) is 12.4. The van der Waals surface area contributed by atoms with Gasteiger partial charge in [0.1, 0.15) is 0 Å². The van der Waals surface area contributed by atoms with Crippen molar-refractivity contribution in [1.29, 1.82) is 0 Å². The quantitative estimate of drug-likeness (QED) is 0.808. The molecule has 94 valence electrons. The molecule has 0 atom stereocenters. The van der Waals surface area contributed by atoms with Gasteiger partial charge in [-0.1, -0.05) is 6.07 Å². The van der Waals surface area contributed by atoms with E-state index in [4.69, 9.17) is 5.73 Å². The van der Waals surface area contributed by atoms with Crippen molar-refractivity contribution in [3.05, 3.63) is 23.8 Å². The van der Waals surface area contributed by atoms with Crippen LogP contribution in [0.4, 0.5) is 5.69 Å². The van der Waals surface area contributed by atoms with Crippen LogP contribution in [0.15, 0.2) is 23.1 Å². The van der Waals surface area contributed by atoms with Crippen LogP contribution >= 0.6 is 0 Å². The Hall–Kier alpha value is -1.07. The summed E-state index contributed by atoms with van der Waals surface area (Å²) in [6.07, 6.45) is 2.87. The van der Waals surface area contributed by atoms with Crippen molar-refractivity contribution in [1.82, 2.24) is 4.72 Å². The highest BCUT2D eigenvalue weighted by Gasteiger charge is 2.36. The van der Waals surface area contributed by atoms with Crippen molar-refractivity contribution in [3.8, 4) is 0 Å². The Kier molecular flexibility index (Phi) is 2.91. The molecule has 0 bridgehead atoms. The normalized spacial score (nSPS) is 18.7. The summed E-state index contributed by atoms with van der Waals surface area (Å²) >= 11 is 0. The number of benzene rings is 1. The maximum absolute atomic E-state index is 12.1. The Bertz CT molecular complexity index is 533. The average Bonchev–Trinajstić information content (AvgIpc) is 2.19. The summed E-state index contributed by atoms with van der Waals surface area (Å²) in [6.45, 7) is 3.79. The minimum Gasteiger partial charge on any atom is -0.398 e. The number of aryl methyl sites for hydroxylation is 1. The van der Waals surface area contributed by atoms with E-state index < -0.39 is 10.0 Å². The topological polar surface area (TPSA) is 72.2 Å². The van der Waals surface area contributed by atoms with Gasteiger partial charge in [0, 0.05) is 11.2 Å². The fourth-order valence-corrected chi connectivity index (χ4v) is 3.48. The second-order valence-electron chi connectivity index (χ2n) is 5.04. The lowest BCUT2D eigenvalue weighted by atomic mass is 9.80. The molecule has 0 saturated heterocycles. The lowest BCUT2D eigenvalue weighted by Gasteiger charge is -2.38. The van der Waals surface area contributed by atoms with E-state index in [0.29, 0.717) is 5.69 Å². The van der Waals surface area contributed by atoms with Crippen LogP contribution in [0, 0.1) is 6.92 Å². The van der Waals surface area contributed by atoms with E-state index in [1.165, 1.54) is 6.07 Å². The predicted molar refractivity (Wildman–Crippen MR) is 68.2 cm³/mol. The molecule has 17 heavy (non-hydrogen) atoms. The molecule has 0 unspecified atom stereocenters. The highest BCUT2D eigenvalue weighted by molar-refractivity contribution is 7.89. The number of nitrogens with two attached hydrogens (primary N) is 1. The third-order valence-electron chi connectivity index (χ3n) is 3.40. The summed E-state index contributed by atoms with van der Waals surface area (Å²) in [4.78, 5) is 0.244. The zero-order valence-corrected chi connectivity index (χ0v) is 11.0. The Morgan fingerprint density at radius 2 is 2.00 bits per heavy atom. The first-order valence-corrected chi connectivity index (χ1v) is 7.21. The SMILES string of the molecule is Cc1ccc(S(=O)(=O)NC2(C)CCC2)cc1N. The van der Waals surface area contributed by atoms with Crippen LogP contribution in [0.1, 0.15) is 31.7 Å². The van der Waals surface area contributed by atoms with Crippen LogP contribution in [0.3, 0.4) is 0 Å². The molecule has 1 fully saturated rings.